The minimum absolute atomic E-state index is 0.0901. The summed E-state index contributed by atoms with van der Waals surface area (Å²) >= 11 is 1.31. The second-order valence-corrected chi connectivity index (χ2v) is 11.4. The molecule has 3 unspecified atom stereocenters. The van der Waals surface area contributed by atoms with Crippen molar-refractivity contribution in [3.63, 3.8) is 0 Å². The molecule has 6 nitrogen and oxygen atoms in total. The fourth-order valence-corrected chi connectivity index (χ4v) is 7.93. The van der Waals surface area contributed by atoms with Crippen molar-refractivity contribution in [1.82, 2.24) is 0 Å². The number of carbonyl (C=O) groups excluding carboxylic acids is 2. The summed E-state index contributed by atoms with van der Waals surface area (Å²) in [6.45, 7) is 9.34. The van der Waals surface area contributed by atoms with Crippen molar-refractivity contribution in [2.24, 2.45) is 5.92 Å². The quantitative estimate of drug-likeness (QED) is 0.163. The third kappa shape index (κ3) is 7.29. The molecular weight excluding hydrogens is 471 g/mol. The molecule has 0 aromatic heterocycles. The molecule has 0 aliphatic carbocycles. The zero-order valence-corrected chi connectivity index (χ0v) is 22.2. The first-order valence-electron chi connectivity index (χ1n) is 11.6. The summed E-state index contributed by atoms with van der Waals surface area (Å²) in [5.74, 6) is -0.867. The number of hydrogen-bond acceptors (Lipinski definition) is 7. The van der Waals surface area contributed by atoms with Gasteiger partial charge in [0.2, 0.25) is 0 Å². The maximum atomic E-state index is 13.9. The highest BCUT2D eigenvalue weighted by Gasteiger charge is 2.50. The average molecular weight is 507 g/mol. The Balaban J connectivity index is 2.58. The van der Waals surface area contributed by atoms with E-state index in [1.807, 2.05) is 62.4 Å². The van der Waals surface area contributed by atoms with Crippen LogP contribution in [0, 0.1) is 5.92 Å². The van der Waals surface area contributed by atoms with E-state index in [-0.39, 0.29) is 31.5 Å². The van der Waals surface area contributed by atoms with Gasteiger partial charge in [0.1, 0.15) is 0 Å². The Hall–Kier alpha value is -1.92. The van der Waals surface area contributed by atoms with Crippen molar-refractivity contribution in [1.29, 1.82) is 0 Å². The van der Waals surface area contributed by atoms with Gasteiger partial charge in [0.25, 0.3) is 0 Å². The summed E-state index contributed by atoms with van der Waals surface area (Å²) in [5.41, 5.74) is 0.196. The third-order valence-corrected chi connectivity index (χ3v) is 9.69. The summed E-state index contributed by atoms with van der Waals surface area (Å²) in [7, 11) is -3.88. The van der Waals surface area contributed by atoms with E-state index in [2.05, 4.69) is 0 Å². The van der Waals surface area contributed by atoms with Crippen LogP contribution in [0.15, 0.2) is 60.7 Å². The second-order valence-electron chi connectivity index (χ2n) is 7.94. The lowest BCUT2D eigenvalue weighted by atomic mass is 10.0. The highest BCUT2D eigenvalue weighted by atomic mass is 32.2. The first kappa shape index (κ1) is 28.3. The summed E-state index contributed by atoms with van der Waals surface area (Å²) in [6, 6.07) is 18.5. The van der Waals surface area contributed by atoms with Crippen molar-refractivity contribution < 1.29 is 27.9 Å². The molecule has 0 bridgehead atoms. The van der Waals surface area contributed by atoms with Gasteiger partial charge in [-0.15, -0.1) is 11.8 Å². The lowest BCUT2D eigenvalue weighted by Crippen LogP contribution is -2.39. The third-order valence-electron chi connectivity index (χ3n) is 5.15. The Bertz CT molecular complexity index is 940. The van der Waals surface area contributed by atoms with Gasteiger partial charge in [-0.05, 0) is 32.3 Å². The summed E-state index contributed by atoms with van der Waals surface area (Å²) < 4.78 is 30.4. The number of ether oxygens (including phenoxy) is 1. The molecule has 0 aliphatic heterocycles. The summed E-state index contributed by atoms with van der Waals surface area (Å²) in [6.07, 6.45) is 0. The zero-order chi connectivity index (χ0) is 25.1. The van der Waals surface area contributed by atoms with E-state index in [0.29, 0.717) is 5.56 Å². The van der Waals surface area contributed by atoms with Crippen molar-refractivity contribution in [3.05, 3.63) is 71.8 Å². The normalized spacial score (nSPS) is 14.4. The molecule has 2 rings (SSSR count). The molecule has 0 aliphatic rings. The number of thioether (sulfide) groups is 1. The number of benzene rings is 2. The summed E-state index contributed by atoms with van der Waals surface area (Å²) in [5, 5.41) is -1.19. The van der Waals surface area contributed by atoms with E-state index in [1.165, 1.54) is 11.8 Å². The second kappa shape index (κ2) is 13.8. The Morgan fingerprint density at radius 3 is 1.85 bits per heavy atom. The molecule has 0 amide bonds. The highest BCUT2D eigenvalue weighted by Crippen LogP contribution is 2.58. The molecule has 34 heavy (non-hydrogen) atoms. The van der Waals surface area contributed by atoms with Gasteiger partial charge in [0.05, 0.1) is 25.1 Å². The molecule has 8 heteroatoms. The molecule has 2 aromatic rings. The maximum Gasteiger partial charge on any atom is 0.346 e. The van der Waals surface area contributed by atoms with E-state index < -0.39 is 29.7 Å². The standard InChI is InChI=1S/C26H35O6PS/c1-6-30-26(28)23(33(29,31-7-2)32-8-3)24(19(4)5)34-25(21-17-13-10-14-18-21)22(27)20-15-11-9-12-16-20/h9-19,23-25H,6-8H2,1-5H3. The fourth-order valence-electron chi connectivity index (χ4n) is 3.66. The lowest BCUT2D eigenvalue weighted by Gasteiger charge is -2.34. The summed E-state index contributed by atoms with van der Waals surface area (Å²) in [4.78, 5) is 26.8. The van der Waals surface area contributed by atoms with Gasteiger partial charge in [0, 0.05) is 10.8 Å². The first-order valence-corrected chi connectivity index (χ1v) is 14.2. The van der Waals surface area contributed by atoms with Crippen LogP contribution in [0.5, 0.6) is 0 Å². The molecule has 0 N–H and O–H groups in total. The van der Waals surface area contributed by atoms with Crippen LogP contribution in [0.2, 0.25) is 0 Å². The minimum atomic E-state index is -3.88. The molecule has 3 atom stereocenters. The van der Waals surface area contributed by atoms with Crippen LogP contribution in [0.25, 0.3) is 0 Å². The average Bonchev–Trinajstić information content (AvgIpc) is 2.82. The van der Waals surface area contributed by atoms with Crippen molar-refractivity contribution in [2.75, 3.05) is 19.8 Å². The highest BCUT2D eigenvalue weighted by molar-refractivity contribution is 8.01. The number of rotatable bonds is 14. The van der Waals surface area contributed by atoms with Gasteiger partial charge in [-0.1, -0.05) is 74.5 Å². The molecular formula is C26H35O6PS. The van der Waals surface area contributed by atoms with Gasteiger partial charge in [-0.2, -0.15) is 0 Å². The number of esters is 1. The van der Waals surface area contributed by atoms with E-state index >= 15 is 0 Å². The van der Waals surface area contributed by atoms with E-state index in [4.69, 9.17) is 13.8 Å². The van der Waals surface area contributed by atoms with Gasteiger partial charge in [-0.3, -0.25) is 14.2 Å². The first-order chi connectivity index (χ1) is 16.3. The number of hydrogen-bond donors (Lipinski definition) is 0. The van der Waals surface area contributed by atoms with Crippen LogP contribution in [0.1, 0.15) is 55.8 Å². The van der Waals surface area contributed by atoms with Crippen LogP contribution in [0.4, 0.5) is 0 Å². The minimum Gasteiger partial charge on any atom is -0.465 e. The molecule has 0 radical (unpaired) electrons. The van der Waals surface area contributed by atoms with E-state index in [9.17, 15) is 14.2 Å². The van der Waals surface area contributed by atoms with Crippen molar-refractivity contribution in [3.8, 4) is 0 Å². The van der Waals surface area contributed by atoms with Gasteiger partial charge < -0.3 is 13.8 Å². The monoisotopic (exact) mass is 506 g/mol. The van der Waals surface area contributed by atoms with Gasteiger partial charge in [-0.25, -0.2) is 0 Å². The number of Topliss-reactive ketones (excluding diaryl/α,β-unsaturated/α-hetero) is 1. The van der Waals surface area contributed by atoms with Crippen LogP contribution >= 0.6 is 19.4 Å². The molecule has 0 heterocycles. The fraction of sp³-hybridized carbons (Fsp3) is 0.462. The van der Waals surface area contributed by atoms with Crippen molar-refractivity contribution in [2.45, 2.75) is 50.8 Å². The maximum absolute atomic E-state index is 13.9. The van der Waals surface area contributed by atoms with Crippen LogP contribution in [-0.2, 0) is 23.1 Å². The molecule has 0 saturated carbocycles. The smallest absolute Gasteiger partial charge is 0.346 e. The number of carbonyl (C=O) groups is 2. The van der Waals surface area contributed by atoms with Gasteiger partial charge in [0.15, 0.2) is 11.4 Å². The number of ketones is 1. The molecule has 0 spiro atoms. The van der Waals surface area contributed by atoms with Crippen molar-refractivity contribution >= 4 is 31.1 Å². The lowest BCUT2D eigenvalue weighted by molar-refractivity contribution is -0.143. The topological polar surface area (TPSA) is 78.9 Å². The Morgan fingerprint density at radius 1 is 0.853 bits per heavy atom. The SMILES string of the molecule is CCOC(=O)C(C(SC(C(=O)c1ccccc1)c1ccccc1)C(C)C)P(=O)(OCC)OCC. The predicted molar refractivity (Wildman–Crippen MR) is 137 cm³/mol. The molecule has 0 fully saturated rings. The Morgan fingerprint density at radius 2 is 1.38 bits per heavy atom. The predicted octanol–water partition coefficient (Wildman–Crippen LogP) is 6.57. The Labute approximate surface area is 207 Å². The Kier molecular flexibility index (Phi) is 11.5. The molecule has 0 saturated heterocycles. The zero-order valence-electron chi connectivity index (χ0n) is 20.5. The van der Waals surface area contributed by atoms with E-state index in [1.54, 1.807) is 32.9 Å². The molecule has 186 valence electrons. The van der Waals surface area contributed by atoms with E-state index in [0.717, 1.165) is 5.56 Å². The molecule has 2 aromatic carbocycles. The van der Waals surface area contributed by atoms with Gasteiger partial charge >= 0.3 is 13.6 Å². The van der Waals surface area contributed by atoms with Crippen LogP contribution < -0.4 is 0 Å². The largest absolute Gasteiger partial charge is 0.465 e. The van der Waals surface area contributed by atoms with Crippen LogP contribution in [0.3, 0.4) is 0 Å². The van der Waals surface area contributed by atoms with Crippen LogP contribution in [-0.4, -0.2) is 42.5 Å².